The minimum absolute atomic E-state index is 0.0101. The van der Waals surface area contributed by atoms with E-state index in [0.29, 0.717) is 19.8 Å². The van der Waals surface area contributed by atoms with E-state index in [2.05, 4.69) is 22.8 Å². The molecule has 5 nitrogen and oxygen atoms in total. The Hall–Kier alpha value is -1.89. The summed E-state index contributed by atoms with van der Waals surface area (Å²) in [5, 5.41) is 6.11. The molecule has 1 atom stereocenters. The Balaban J connectivity index is 1.57. The predicted molar refractivity (Wildman–Crippen MR) is 90.8 cm³/mol. The van der Waals surface area contributed by atoms with Crippen LogP contribution in [0.1, 0.15) is 4.88 Å². The van der Waals surface area contributed by atoms with Crippen molar-refractivity contribution in [1.82, 2.24) is 10.6 Å². The molecule has 1 aromatic carbocycles. The number of methoxy groups -OCH3 is 1. The summed E-state index contributed by atoms with van der Waals surface area (Å²) in [6, 6.07) is 11.9. The molecular formula is C17H20N2O3S. The lowest BCUT2D eigenvalue weighted by atomic mass is 10.2. The molecule has 1 unspecified atom stereocenters. The quantitative estimate of drug-likeness (QED) is 0.880. The first-order chi connectivity index (χ1) is 11.3. The van der Waals surface area contributed by atoms with Crippen LogP contribution in [0.2, 0.25) is 0 Å². The SMILES string of the molecule is COc1ccc(-c2ccc(CNC(=O)C3COCCN3)s2)cc1. The summed E-state index contributed by atoms with van der Waals surface area (Å²) in [4.78, 5) is 14.4. The number of carbonyl (C=O) groups excluding carboxylic acids is 1. The van der Waals surface area contributed by atoms with Crippen LogP contribution in [0.3, 0.4) is 0 Å². The Morgan fingerprint density at radius 1 is 1.35 bits per heavy atom. The number of ether oxygens (including phenoxy) is 2. The number of hydrogen-bond donors (Lipinski definition) is 2. The fourth-order valence-corrected chi connectivity index (χ4v) is 3.37. The van der Waals surface area contributed by atoms with E-state index in [1.165, 1.54) is 4.88 Å². The number of amides is 1. The number of rotatable bonds is 5. The van der Waals surface area contributed by atoms with Crippen molar-refractivity contribution in [3.63, 3.8) is 0 Å². The molecule has 122 valence electrons. The molecular weight excluding hydrogens is 312 g/mol. The average Bonchev–Trinajstić information content (AvgIpc) is 3.09. The molecule has 1 fully saturated rings. The lowest BCUT2D eigenvalue weighted by molar-refractivity contribution is -0.126. The van der Waals surface area contributed by atoms with Gasteiger partial charge >= 0.3 is 0 Å². The summed E-state index contributed by atoms with van der Waals surface area (Å²) >= 11 is 1.68. The van der Waals surface area contributed by atoms with E-state index in [4.69, 9.17) is 9.47 Å². The first-order valence-electron chi connectivity index (χ1n) is 7.58. The largest absolute Gasteiger partial charge is 0.497 e. The van der Waals surface area contributed by atoms with Crippen LogP contribution in [-0.2, 0) is 16.1 Å². The highest BCUT2D eigenvalue weighted by molar-refractivity contribution is 7.15. The molecule has 0 aliphatic carbocycles. The maximum absolute atomic E-state index is 12.1. The fourth-order valence-electron chi connectivity index (χ4n) is 2.41. The van der Waals surface area contributed by atoms with Gasteiger partial charge in [-0.15, -0.1) is 11.3 Å². The van der Waals surface area contributed by atoms with E-state index >= 15 is 0 Å². The van der Waals surface area contributed by atoms with Crippen molar-refractivity contribution in [3.05, 3.63) is 41.3 Å². The Kier molecular flexibility index (Phi) is 5.27. The maximum Gasteiger partial charge on any atom is 0.239 e. The zero-order chi connectivity index (χ0) is 16.1. The molecule has 0 bridgehead atoms. The van der Waals surface area contributed by atoms with Gasteiger partial charge in [0.15, 0.2) is 0 Å². The normalized spacial score (nSPS) is 17.7. The van der Waals surface area contributed by atoms with Gasteiger partial charge < -0.3 is 20.1 Å². The summed E-state index contributed by atoms with van der Waals surface area (Å²) in [5.41, 5.74) is 1.15. The molecule has 1 aliphatic rings. The molecule has 6 heteroatoms. The van der Waals surface area contributed by atoms with Crippen LogP contribution in [0.4, 0.5) is 0 Å². The topological polar surface area (TPSA) is 59.6 Å². The number of thiophene rings is 1. The van der Waals surface area contributed by atoms with Crippen LogP contribution in [0, 0.1) is 0 Å². The van der Waals surface area contributed by atoms with Crippen LogP contribution >= 0.6 is 11.3 Å². The average molecular weight is 332 g/mol. The summed E-state index contributed by atoms with van der Waals surface area (Å²) in [6.45, 7) is 2.36. The lowest BCUT2D eigenvalue weighted by Crippen LogP contribution is -2.50. The molecule has 2 heterocycles. The number of carbonyl (C=O) groups is 1. The number of nitrogens with one attached hydrogen (secondary N) is 2. The lowest BCUT2D eigenvalue weighted by Gasteiger charge is -2.22. The van der Waals surface area contributed by atoms with Crippen LogP contribution in [-0.4, -0.2) is 38.8 Å². The summed E-state index contributed by atoms with van der Waals surface area (Å²) in [7, 11) is 1.66. The fraction of sp³-hybridized carbons (Fsp3) is 0.353. The molecule has 1 saturated heterocycles. The van der Waals surface area contributed by atoms with Gasteiger partial charge in [0.25, 0.3) is 0 Å². The van der Waals surface area contributed by atoms with Gasteiger partial charge in [-0.3, -0.25) is 4.79 Å². The first kappa shape index (κ1) is 16.0. The van der Waals surface area contributed by atoms with Gasteiger partial charge in [0.05, 0.1) is 26.9 Å². The van der Waals surface area contributed by atoms with Crippen molar-refractivity contribution < 1.29 is 14.3 Å². The van der Waals surface area contributed by atoms with Crippen molar-refractivity contribution in [3.8, 4) is 16.2 Å². The third kappa shape index (κ3) is 4.10. The molecule has 0 saturated carbocycles. The highest BCUT2D eigenvalue weighted by atomic mass is 32.1. The van der Waals surface area contributed by atoms with Gasteiger partial charge in [-0.1, -0.05) is 0 Å². The monoisotopic (exact) mass is 332 g/mol. The zero-order valence-corrected chi connectivity index (χ0v) is 13.8. The second kappa shape index (κ2) is 7.59. The number of benzene rings is 1. The van der Waals surface area contributed by atoms with E-state index in [0.717, 1.165) is 22.7 Å². The van der Waals surface area contributed by atoms with Gasteiger partial charge in [0.1, 0.15) is 11.8 Å². The van der Waals surface area contributed by atoms with Crippen LogP contribution < -0.4 is 15.4 Å². The molecule has 23 heavy (non-hydrogen) atoms. The highest BCUT2D eigenvalue weighted by Gasteiger charge is 2.20. The third-order valence-corrected chi connectivity index (χ3v) is 4.85. The van der Waals surface area contributed by atoms with Crippen LogP contribution in [0.15, 0.2) is 36.4 Å². The van der Waals surface area contributed by atoms with Crippen molar-refractivity contribution >= 4 is 17.2 Å². The van der Waals surface area contributed by atoms with Gasteiger partial charge in [-0.25, -0.2) is 0 Å². The van der Waals surface area contributed by atoms with E-state index in [9.17, 15) is 4.79 Å². The smallest absolute Gasteiger partial charge is 0.239 e. The molecule has 1 amide bonds. The van der Waals surface area contributed by atoms with E-state index < -0.39 is 0 Å². The Labute approximate surface area is 139 Å². The maximum atomic E-state index is 12.1. The molecule has 0 radical (unpaired) electrons. The first-order valence-corrected chi connectivity index (χ1v) is 8.40. The van der Waals surface area contributed by atoms with Crippen molar-refractivity contribution in [1.29, 1.82) is 0 Å². The standard InChI is InChI=1S/C17H20N2O3S/c1-21-13-4-2-12(3-5-13)16-7-6-14(23-16)10-19-17(20)15-11-22-9-8-18-15/h2-7,15,18H,8-11H2,1H3,(H,19,20). The van der Waals surface area contributed by atoms with Crippen molar-refractivity contribution in [2.45, 2.75) is 12.6 Å². The summed E-state index contributed by atoms with van der Waals surface area (Å²) < 4.78 is 10.5. The third-order valence-electron chi connectivity index (χ3n) is 3.71. The Morgan fingerprint density at radius 3 is 2.87 bits per heavy atom. The number of morpholine rings is 1. The number of hydrogen-bond acceptors (Lipinski definition) is 5. The molecule has 2 aromatic rings. The van der Waals surface area contributed by atoms with Crippen molar-refractivity contribution in [2.75, 3.05) is 26.9 Å². The van der Waals surface area contributed by atoms with E-state index in [1.54, 1.807) is 18.4 Å². The van der Waals surface area contributed by atoms with Gasteiger partial charge in [0.2, 0.25) is 5.91 Å². The molecule has 2 N–H and O–H groups in total. The second-order valence-electron chi connectivity index (χ2n) is 5.29. The molecule has 1 aromatic heterocycles. The minimum atomic E-state index is -0.246. The Bertz CT molecular complexity index is 648. The van der Waals surface area contributed by atoms with Crippen LogP contribution in [0.5, 0.6) is 5.75 Å². The van der Waals surface area contributed by atoms with Crippen LogP contribution in [0.25, 0.3) is 10.4 Å². The van der Waals surface area contributed by atoms with Gasteiger partial charge in [0, 0.05) is 16.3 Å². The Morgan fingerprint density at radius 2 is 2.17 bits per heavy atom. The molecule has 0 spiro atoms. The molecule has 3 rings (SSSR count). The second-order valence-corrected chi connectivity index (χ2v) is 6.46. The predicted octanol–water partition coefficient (Wildman–Crippen LogP) is 2.03. The highest BCUT2D eigenvalue weighted by Crippen LogP contribution is 2.29. The van der Waals surface area contributed by atoms with E-state index in [-0.39, 0.29) is 11.9 Å². The summed E-state index contributed by atoms with van der Waals surface area (Å²) in [6.07, 6.45) is 0. The van der Waals surface area contributed by atoms with Gasteiger partial charge in [-0.05, 0) is 42.0 Å². The van der Waals surface area contributed by atoms with E-state index in [1.807, 2.05) is 24.3 Å². The minimum Gasteiger partial charge on any atom is -0.497 e. The van der Waals surface area contributed by atoms with Gasteiger partial charge in [-0.2, -0.15) is 0 Å². The summed E-state index contributed by atoms with van der Waals surface area (Å²) in [5.74, 6) is 0.837. The molecule has 1 aliphatic heterocycles. The zero-order valence-electron chi connectivity index (χ0n) is 13.0. The van der Waals surface area contributed by atoms with Crippen molar-refractivity contribution in [2.24, 2.45) is 0 Å².